The van der Waals surface area contributed by atoms with Crippen LogP contribution in [0.4, 0.5) is 17.1 Å². The Morgan fingerprint density at radius 2 is 1.85 bits per heavy atom. The van der Waals surface area contributed by atoms with Crippen LogP contribution in [0, 0.1) is 17.0 Å². The molecule has 4 aromatic rings. The van der Waals surface area contributed by atoms with E-state index in [9.17, 15) is 14.9 Å². The van der Waals surface area contributed by atoms with Gasteiger partial charge in [-0.3, -0.25) is 14.9 Å². The minimum Gasteiger partial charge on any atom is -0.440 e. The molecule has 1 N–H and O–H groups in total. The summed E-state index contributed by atoms with van der Waals surface area (Å²) in [6.07, 6.45) is 2.56. The maximum Gasteiger partial charge on any atom is 0.293 e. The Labute approximate surface area is 196 Å². The van der Waals surface area contributed by atoms with Crippen molar-refractivity contribution in [3.05, 3.63) is 93.4 Å². The third-order valence-corrected chi connectivity index (χ3v) is 6.04. The molecule has 1 fully saturated rings. The summed E-state index contributed by atoms with van der Waals surface area (Å²) in [5, 5.41) is 14.4. The number of nitrogens with one attached hydrogen (secondary N) is 1. The lowest BCUT2D eigenvalue weighted by molar-refractivity contribution is -0.384. The van der Waals surface area contributed by atoms with E-state index in [1.807, 2.05) is 42.2 Å². The smallest absolute Gasteiger partial charge is 0.293 e. The summed E-state index contributed by atoms with van der Waals surface area (Å²) in [6, 6.07) is 18.0. The van der Waals surface area contributed by atoms with Crippen LogP contribution >= 0.6 is 0 Å². The van der Waals surface area contributed by atoms with Gasteiger partial charge in [0.1, 0.15) is 11.2 Å². The molecule has 0 saturated carbocycles. The first kappa shape index (κ1) is 21.6. The summed E-state index contributed by atoms with van der Waals surface area (Å²) in [5.41, 5.74) is 5.10. The molecule has 1 saturated heterocycles. The van der Waals surface area contributed by atoms with Gasteiger partial charge in [0.2, 0.25) is 0 Å². The molecule has 1 amide bonds. The topological polar surface area (TPSA) is 102 Å². The first-order valence-corrected chi connectivity index (χ1v) is 11.3. The molecule has 34 heavy (non-hydrogen) atoms. The number of amides is 1. The minimum absolute atomic E-state index is 0.0431. The van der Waals surface area contributed by atoms with E-state index in [0.29, 0.717) is 23.7 Å². The second-order valence-electron chi connectivity index (χ2n) is 8.56. The summed E-state index contributed by atoms with van der Waals surface area (Å²) in [7, 11) is 0. The lowest BCUT2D eigenvalue weighted by Crippen LogP contribution is -2.19. The van der Waals surface area contributed by atoms with Gasteiger partial charge in [-0.25, -0.2) is 4.98 Å². The largest absolute Gasteiger partial charge is 0.440 e. The number of nitro groups is 1. The third-order valence-electron chi connectivity index (χ3n) is 6.04. The Balaban J connectivity index is 1.28. The number of carbonyl (C=O) groups is 1. The molecule has 0 aliphatic carbocycles. The fourth-order valence-corrected chi connectivity index (χ4v) is 4.28. The number of hydrogen-bond acceptors (Lipinski definition) is 6. The summed E-state index contributed by atoms with van der Waals surface area (Å²) >= 11 is 0. The van der Waals surface area contributed by atoms with Gasteiger partial charge in [-0.15, -0.1) is 0 Å². The zero-order chi connectivity index (χ0) is 23.7. The van der Waals surface area contributed by atoms with Crippen molar-refractivity contribution in [3.63, 3.8) is 0 Å². The van der Waals surface area contributed by atoms with Crippen LogP contribution in [0.5, 0.6) is 0 Å². The van der Waals surface area contributed by atoms with Crippen molar-refractivity contribution >= 4 is 34.1 Å². The number of anilines is 2. The molecular formula is C26H24N4O4. The number of carbonyl (C=O) groups excluding carboxylic acids is 1. The fraction of sp³-hybridized carbons (Fsp3) is 0.231. The van der Waals surface area contributed by atoms with Crippen LogP contribution in [0.3, 0.4) is 0 Å². The Kier molecular flexibility index (Phi) is 5.71. The van der Waals surface area contributed by atoms with Gasteiger partial charge in [0.25, 0.3) is 11.6 Å². The molecular weight excluding hydrogens is 432 g/mol. The SMILES string of the molecule is Cc1ccc2oc(Cc3ccc(NC(=O)c4ccc(N5CCCC5)c([N+](=O)[O-])c4)cc3)nc2c1. The van der Waals surface area contributed by atoms with Crippen LogP contribution in [-0.2, 0) is 6.42 Å². The zero-order valence-electron chi connectivity index (χ0n) is 18.8. The molecule has 1 aliphatic rings. The first-order valence-electron chi connectivity index (χ1n) is 11.3. The normalized spacial score (nSPS) is 13.4. The molecule has 8 nitrogen and oxygen atoms in total. The van der Waals surface area contributed by atoms with Crippen LogP contribution in [0.25, 0.3) is 11.1 Å². The van der Waals surface area contributed by atoms with Gasteiger partial charge in [-0.05, 0) is 67.3 Å². The van der Waals surface area contributed by atoms with Crippen LogP contribution < -0.4 is 10.2 Å². The average molecular weight is 457 g/mol. The number of aromatic nitrogens is 1. The molecule has 2 heterocycles. The van der Waals surface area contributed by atoms with E-state index >= 15 is 0 Å². The second-order valence-corrected chi connectivity index (χ2v) is 8.56. The van der Waals surface area contributed by atoms with Crippen molar-refractivity contribution in [1.29, 1.82) is 0 Å². The number of hydrogen-bond donors (Lipinski definition) is 1. The molecule has 3 aromatic carbocycles. The maximum atomic E-state index is 12.8. The van der Waals surface area contributed by atoms with Gasteiger partial charge in [-0.2, -0.15) is 0 Å². The standard InChI is InChI=1S/C26H24N4O4/c1-17-4-11-24-21(14-17)28-25(34-24)15-18-5-8-20(9-6-18)27-26(31)19-7-10-22(23(16-19)30(32)33)29-12-2-3-13-29/h4-11,14,16H,2-3,12-13,15H2,1H3,(H,27,31). The van der Waals surface area contributed by atoms with E-state index in [1.165, 1.54) is 6.07 Å². The summed E-state index contributed by atoms with van der Waals surface area (Å²) < 4.78 is 5.82. The monoisotopic (exact) mass is 456 g/mol. The van der Waals surface area contributed by atoms with Crippen molar-refractivity contribution < 1.29 is 14.1 Å². The summed E-state index contributed by atoms with van der Waals surface area (Å²) in [6.45, 7) is 3.60. The van der Waals surface area contributed by atoms with Gasteiger partial charge in [0.15, 0.2) is 11.5 Å². The number of oxazole rings is 1. The molecule has 1 aliphatic heterocycles. The van der Waals surface area contributed by atoms with Gasteiger partial charge in [-0.1, -0.05) is 18.2 Å². The number of fused-ring (bicyclic) bond motifs is 1. The van der Waals surface area contributed by atoms with E-state index in [2.05, 4.69) is 10.3 Å². The Morgan fingerprint density at radius 3 is 2.59 bits per heavy atom. The van der Waals surface area contributed by atoms with Crippen molar-refractivity contribution in [2.24, 2.45) is 0 Å². The number of aryl methyl sites for hydroxylation is 1. The Hall–Kier alpha value is -4.20. The summed E-state index contributed by atoms with van der Waals surface area (Å²) in [4.78, 5) is 30.5. The highest BCUT2D eigenvalue weighted by Crippen LogP contribution is 2.32. The van der Waals surface area contributed by atoms with Crippen LogP contribution in [0.15, 0.2) is 65.1 Å². The van der Waals surface area contributed by atoms with Crippen molar-refractivity contribution in [3.8, 4) is 0 Å². The third kappa shape index (κ3) is 4.47. The predicted molar refractivity (Wildman–Crippen MR) is 130 cm³/mol. The number of nitro benzene ring substituents is 1. The van der Waals surface area contributed by atoms with E-state index in [-0.39, 0.29) is 11.3 Å². The van der Waals surface area contributed by atoms with Gasteiger partial charge in [0, 0.05) is 36.8 Å². The van der Waals surface area contributed by atoms with Crippen molar-refractivity contribution in [1.82, 2.24) is 4.98 Å². The van der Waals surface area contributed by atoms with Crippen LogP contribution in [0.2, 0.25) is 0 Å². The molecule has 0 atom stereocenters. The molecule has 1 aromatic heterocycles. The van der Waals surface area contributed by atoms with E-state index in [4.69, 9.17) is 4.42 Å². The van der Waals surface area contributed by atoms with Crippen LogP contribution in [0.1, 0.15) is 40.2 Å². The molecule has 0 bridgehead atoms. The number of benzene rings is 3. The minimum atomic E-state index is -0.424. The summed E-state index contributed by atoms with van der Waals surface area (Å²) in [5.74, 6) is 0.237. The van der Waals surface area contributed by atoms with Crippen molar-refractivity contribution in [2.75, 3.05) is 23.3 Å². The highest BCUT2D eigenvalue weighted by molar-refractivity contribution is 6.05. The molecule has 0 spiro atoms. The predicted octanol–water partition coefficient (Wildman–Crippen LogP) is 5.49. The van der Waals surface area contributed by atoms with Gasteiger partial charge >= 0.3 is 0 Å². The molecule has 0 radical (unpaired) electrons. The zero-order valence-corrected chi connectivity index (χ0v) is 18.8. The molecule has 172 valence electrons. The second kappa shape index (κ2) is 8.97. The molecule has 0 unspecified atom stereocenters. The van der Waals surface area contributed by atoms with E-state index in [0.717, 1.165) is 48.2 Å². The Bertz CT molecular complexity index is 1370. The maximum absolute atomic E-state index is 12.8. The quantitative estimate of drug-likeness (QED) is 0.304. The van der Waals surface area contributed by atoms with Crippen LogP contribution in [-0.4, -0.2) is 28.9 Å². The van der Waals surface area contributed by atoms with E-state index in [1.54, 1.807) is 24.3 Å². The van der Waals surface area contributed by atoms with Gasteiger partial charge < -0.3 is 14.6 Å². The van der Waals surface area contributed by atoms with Crippen molar-refractivity contribution in [2.45, 2.75) is 26.2 Å². The van der Waals surface area contributed by atoms with E-state index < -0.39 is 10.8 Å². The lowest BCUT2D eigenvalue weighted by atomic mass is 10.1. The number of rotatable bonds is 6. The Morgan fingerprint density at radius 1 is 1.09 bits per heavy atom. The highest BCUT2D eigenvalue weighted by Gasteiger charge is 2.24. The molecule has 8 heteroatoms. The average Bonchev–Trinajstić information content (AvgIpc) is 3.49. The first-order chi connectivity index (χ1) is 16.5. The lowest BCUT2D eigenvalue weighted by Gasteiger charge is -2.17. The highest BCUT2D eigenvalue weighted by atomic mass is 16.6. The molecule has 5 rings (SSSR count). The fourth-order valence-electron chi connectivity index (χ4n) is 4.28. The van der Waals surface area contributed by atoms with Gasteiger partial charge in [0.05, 0.1) is 4.92 Å². The number of nitrogens with zero attached hydrogens (tertiary/aromatic N) is 3.